The predicted molar refractivity (Wildman–Crippen MR) is 117 cm³/mol. The molecule has 0 radical (unpaired) electrons. The Labute approximate surface area is 184 Å². The molecule has 1 fully saturated rings. The molecule has 3 aromatic rings. The molecule has 1 atom stereocenters. The summed E-state index contributed by atoms with van der Waals surface area (Å²) in [5.41, 5.74) is 1.70. The Morgan fingerprint density at radius 3 is 2.47 bits per heavy atom. The summed E-state index contributed by atoms with van der Waals surface area (Å²) in [5.74, 6) is -0.0550. The summed E-state index contributed by atoms with van der Waals surface area (Å²) >= 11 is 0. The smallest absolute Gasteiger partial charge is 0.301 e. The van der Waals surface area contributed by atoms with Crippen molar-refractivity contribution in [2.75, 3.05) is 19.1 Å². The van der Waals surface area contributed by atoms with Crippen LogP contribution in [-0.4, -0.2) is 36.2 Å². The first-order valence-corrected chi connectivity index (χ1v) is 9.89. The van der Waals surface area contributed by atoms with Crippen LogP contribution in [0.1, 0.15) is 28.5 Å². The third-order valence-electron chi connectivity index (χ3n) is 5.38. The fourth-order valence-electron chi connectivity index (χ4n) is 3.84. The molecule has 8 nitrogen and oxygen atoms in total. The zero-order valence-electron chi connectivity index (χ0n) is 18.1. The van der Waals surface area contributed by atoms with Gasteiger partial charge in [-0.15, -0.1) is 0 Å². The second-order valence-electron chi connectivity index (χ2n) is 7.43. The van der Waals surface area contributed by atoms with Crippen LogP contribution in [-0.2, 0) is 9.59 Å². The van der Waals surface area contributed by atoms with Crippen molar-refractivity contribution >= 4 is 23.3 Å². The number of carbonyl (C=O) groups excluding carboxylic acids is 2. The van der Waals surface area contributed by atoms with Crippen LogP contribution >= 0.6 is 0 Å². The molecule has 0 saturated carbocycles. The van der Waals surface area contributed by atoms with Gasteiger partial charge in [-0.05, 0) is 55.3 Å². The fraction of sp³-hybridized carbons (Fsp3) is 0.208. The molecule has 8 heteroatoms. The number of aromatic nitrogens is 1. The van der Waals surface area contributed by atoms with Crippen LogP contribution in [0.15, 0.2) is 58.6 Å². The number of carbonyl (C=O) groups is 2. The van der Waals surface area contributed by atoms with Crippen molar-refractivity contribution in [2.45, 2.75) is 19.9 Å². The summed E-state index contributed by atoms with van der Waals surface area (Å²) in [6.07, 6.45) is 0. The zero-order chi connectivity index (χ0) is 23.0. The normalized spacial score (nSPS) is 17.6. The molecule has 1 N–H and O–H groups in total. The van der Waals surface area contributed by atoms with Gasteiger partial charge in [0.1, 0.15) is 23.0 Å². The number of ether oxygens (including phenoxy) is 2. The minimum absolute atomic E-state index is 0.0477. The van der Waals surface area contributed by atoms with Crippen LogP contribution in [0.3, 0.4) is 0 Å². The lowest BCUT2D eigenvalue weighted by atomic mass is 9.94. The van der Waals surface area contributed by atoms with E-state index in [-0.39, 0.29) is 17.2 Å². The van der Waals surface area contributed by atoms with Crippen molar-refractivity contribution in [3.63, 3.8) is 0 Å². The van der Waals surface area contributed by atoms with Crippen LogP contribution in [0, 0.1) is 13.8 Å². The predicted octanol–water partition coefficient (Wildman–Crippen LogP) is 3.93. The van der Waals surface area contributed by atoms with Crippen LogP contribution in [0.5, 0.6) is 11.5 Å². The highest BCUT2D eigenvalue weighted by Gasteiger charge is 2.48. The second-order valence-corrected chi connectivity index (χ2v) is 7.43. The average Bonchev–Trinajstić information content (AvgIpc) is 3.33. The molecule has 32 heavy (non-hydrogen) atoms. The molecule has 0 bridgehead atoms. The molecule has 1 aliphatic heterocycles. The van der Waals surface area contributed by atoms with E-state index in [9.17, 15) is 14.7 Å². The zero-order valence-corrected chi connectivity index (χ0v) is 18.1. The molecule has 1 aromatic heterocycles. The molecule has 1 unspecified atom stereocenters. The Morgan fingerprint density at radius 1 is 1.06 bits per heavy atom. The van der Waals surface area contributed by atoms with Gasteiger partial charge >= 0.3 is 5.91 Å². The molecule has 1 amide bonds. The minimum Gasteiger partial charge on any atom is -0.507 e. The molecular weight excluding hydrogens is 412 g/mol. The molecule has 2 aromatic carbocycles. The van der Waals surface area contributed by atoms with Crippen molar-refractivity contribution in [1.29, 1.82) is 0 Å². The van der Waals surface area contributed by atoms with E-state index in [1.54, 1.807) is 62.6 Å². The molecule has 2 heterocycles. The Kier molecular flexibility index (Phi) is 5.44. The van der Waals surface area contributed by atoms with Gasteiger partial charge in [-0.2, -0.15) is 0 Å². The number of nitrogens with zero attached hydrogens (tertiary/aromatic N) is 2. The second kappa shape index (κ2) is 8.22. The molecule has 0 spiro atoms. The van der Waals surface area contributed by atoms with Gasteiger partial charge in [0.15, 0.2) is 5.82 Å². The Bertz CT molecular complexity index is 1240. The van der Waals surface area contributed by atoms with Gasteiger partial charge in [0.05, 0.1) is 25.8 Å². The number of ketones is 1. The number of hydrogen-bond donors (Lipinski definition) is 1. The van der Waals surface area contributed by atoms with Crippen LogP contribution in [0.25, 0.3) is 5.76 Å². The monoisotopic (exact) mass is 434 g/mol. The van der Waals surface area contributed by atoms with Crippen molar-refractivity contribution in [3.05, 3.63) is 76.6 Å². The minimum atomic E-state index is -0.919. The molecule has 4 rings (SSSR count). The number of methoxy groups -OCH3 is 2. The average molecular weight is 434 g/mol. The van der Waals surface area contributed by atoms with E-state index >= 15 is 0 Å². The van der Waals surface area contributed by atoms with Crippen molar-refractivity contribution in [1.82, 2.24) is 5.16 Å². The van der Waals surface area contributed by atoms with Crippen molar-refractivity contribution < 1.29 is 28.7 Å². The number of aliphatic hydroxyl groups excluding tert-OH is 1. The van der Waals surface area contributed by atoms with Crippen LogP contribution in [0.2, 0.25) is 0 Å². The van der Waals surface area contributed by atoms with Crippen LogP contribution < -0.4 is 14.4 Å². The highest BCUT2D eigenvalue weighted by molar-refractivity contribution is 6.51. The Balaban J connectivity index is 1.94. The maximum Gasteiger partial charge on any atom is 0.301 e. The van der Waals surface area contributed by atoms with Crippen molar-refractivity contribution in [2.24, 2.45) is 0 Å². The summed E-state index contributed by atoms with van der Waals surface area (Å²) in [6.45, 7) is 3.51. The summed E-state index contributed by atoms with van der Waals surface area (Å²) in [5, 5.41) is 15.1. The number of aliphatic hydroxyl groups is 1. The topological polar surface area (TPSA) is 102 Å². The maximum absolute atomic E-state index is 13.1. The van der Waals surface area contributed by atoms with Gasteiger partial charge in [0.25, 0.3) is 5.78 Å². The highest BCUT2D eigenvalue weighted by atomic mass is 16.5. The SMILES string of the molecule is COc1cccc(C2C(=C(O)c3ccc(OC)c(C)c3)C(=O)C(=O)N2c2cc(C)on2)c1. The van der Waals surface area contributed by atoms with Gasteiger partial charge in [-0.25, -0.2) is 0 Å². The third kappa shape index (κ3) is 3.49. The Morgan fingerprint density at radius 2 is 1.84 bits per heavy atom. The first-order chi connectivity index (χ1) is 15.3. The summed E-state index contributed by atoms with van der Waals surface area (Å²) < 4.78 is 15.7. The highest BCUT2D eigenvalue weighted by Crippen LogP contribution is 2.42. The van der Waals surface area contributed by atoms with E-state index in [0.29, 0.717) is 28.4 Å². The standard InChI is InChI=1S/C24H22N2O6/c1-13-10-16(8-9-18(13)31-4)22(27)20-21(15-6-5-7-17(12-15)30-3)26(24(29)23(20)28)19-11-14(2)32-25-19/h5-12,21,27H,1-4H3. The number of anilines is 1. The summed E-state index contributed by atoms with van der Waals surface area (Å²) in [7, 11) is 3.08. The third-order valence-corrected chi connectivity index (χ3v) is 5.38. The van der Waals surface area contributed by atoms with E-state index < -0.39 is 17.7 Å². The fourth-order valence-corrected chi connectivity index (χ4v) is 3.84. The number of rotatable bonds is 5. The molecule has 1 saturated heterocycles. The van der Waals surface area contributed by atoms with Gasteiger partial charge in [-0.3, -0.25) is 14.5 Å². The number of amides is 1. The van der Waals surface area contributed by atoms with E-state index in [0.717, 1.165) is 5.56 Å². The number of Topliss-reactive ketones (excluding diaryl/α,β-unsaturated/α-hetero) is 1. The van der Waals surface area contributed by atoms with Gasteiger partial charge in [0, 0.05) is 11.6 Å². The van der Waals surface area contributed by atoms with E-state index in [1.807, 2.05) is 6.92 Å². The number of aryl methyl sites for hydroxylation is 2. The summed E-state index contributed by atoms with van der Waals surface area (Å²) in [6, 6.07) is 12.6. The van der Waals surface area contributed by atoms with Gasteiger partial charge in [-0.1, -0.05) is 17.3 Å². The first kappa shape index (κ1) is 21.2. The molecule has 1 aliphatic rings. The van der Waals surface area contributed by atoms with Crippen LogP contribution in [0.4, 0.5) is 5.82 Å². The maximum atomic E-state index is 13.1. The lowest BCUT2D eigenvalue weighted by Crippen LogP contribution is -2.29. The quantitative estimate of drug-likeness (QED) is 0.369. The molecule has 164 valence electrons. The summed E-state index contributed by atoms with van der Waals surface area (Å²) in [4.78, 5) is 27.4. The largest absolute Gasteiger partial charge is 0.507 e. The Hall–Kier alpha value is -4.07. The number of hydrogen-bond acceptors (Lipinski definition) is 7. The van der Waals surface area contributed by atoms with Gasteiger partial charge in [0.2, 0.25) is 0 Å². The number of benzene rings is 2. The van der Waals surface area contributed by atoms with E-state index in [2.05, 4.69) is 5.16 Å². The van der Waals surface area contributed by atoms with E-state index in [4.69, 9.17) is 14.0 Å². The lowest BCUT2D eigenvalue weighted by molar-refractivity contribution is -0.132. The first-order valence-electron chi connectivity index (χ1n) is 9.89. The van der Waals surface area contributed by atoms with Gasteiger partial charge < -0.3 is 19.1 Å². The molecule has 0 aliphatic carbocycles. The lowest BCUT2D eigenvalue weighted by Gasteiger charge is -2.23. The molecular formula is C24H22N2O6. The van der Waals surface area contributed by atoms with Crippen molar-refractivity contribution in [3.8, 4) is 11.5 Å². The van der Waals surface area contributed by atoms with E-state index in [1.165, 1.54) is 12.0 Å².